The molecule has 2 saturated heterocycles. The van der Waals surface area contributed by atoms with Crippen molar-refractivity contribution in [3.8, 4) is 5.75 Å². The Balaban J connectivity index is 1.87. The van der Waals surface area contributed by atoms with Crippen molar-refractivity contribution in [1.29, 1.82) is 0 Å². The van der Waals surface area contributed by atoms with Gasteiger partial charge in [-0.25, -0.2) is 13.4 Å². The van der Waals surface area contributed by atoms with Crippen LogP contribution >= 0.6 is 0 Å². The van der Waals surface area contributed by atoms with Crippen LogP contribution in [0.4, 0.5) is 0 Å². The third-order valence-corrected chi connectivity index (χ3v) is 7.45. The van der Waals surface area contributed by atoms with Gasteiger partial charge in [-0.15, -0.1) is 0 Å². The standard InChI is InChI=1S/C19H29N3O4S/c1-14-7-6-8-15(2)22(14)20-19(23)16-9-10-17(26-3)18(13-16)27(24,25)21-11-4-5-12-21/h9-10,13-15H,4-8,11-12H2,1-3H3,(H,20,23)/t14-,15+. The van der Waals surface area contributed by atoms with E-state index >= 15 is 0 Å². The molecule has 0 saturated carbocycles. The van der Waals surface area contributed by atoms with E-state index in [1.54, 1.807) is 12.1 Å². The first-order valence-corrected chi connectivity index (χ1v) is 11.1. The number of methoxy groups -OCH3 is 1. The molecule has 0 radical (unpaired) electrons. The molecule has 0 aromatic heterocycles. The number of carbonyl (C=O) groups excluding carboxylic acids is 1. The molecular weight excluding hydrogens is 366 g/mol. The Bertz CT molecular complexity index is 780. The lowest BCUT2D eigenvalue weighted by Gasteiger charge is -2.38. The number of nitrogens with zero attached hydrogens (tertiary/aromatic N) is 2. The van der Waals surface area contributed by atoms with Gasteiger partial charge in [0, 0.05) is 30.7 Å². The van der Waals surface area contributed by atoms with Crippen molar-refractivity contribution in [3.63, 3.8) is 0 Å². The number of piperidine rings is 1. The molecule has 1 aromatic rings. The lowest BCUT2D eigenvalue weighted by molar-refractivity contribution is 0.0369. The van der Waals surface area contributed by atoms with Crippen LogP contribution in [-0.2, 0) is 10.0 Å². The second kappa shape index (κ2) is 8.16. The highest BCUT2D eigenvalue weighted by atomic mass is 32.2. The van der Waals surface area contributed by atoms with Gasteiger partial charge in [-0.05, 0) is 57.7 Å². The van der Waals surface area contributed by atoms with E-state index in [1.807, 2.05) is 5.01 Å². The molecule has 3 rings (SSSR count). The second-order valence-electron chi connectivity index (χ2n) is 7.45. The summed E-state index contributed by atoms with van der Waals surface area (Å²) in [5.74, 6) is -0.0331. The summed E-state index contributed by atoms with van der Waals surface area (Å²) in [7, 11) is -2.24. The zero-order valence-electron chi connectivity index (χ0n) is 16.3. The molecule has 27 heavy (non-hydrogen) atoms. The Morgan fingerprint density at radius 1 is 1.11 bits per heavy atom. The summed E-state index contributed by atoms with van der Waals surface area (Å²) in [5.41, 5.74) is 3.28. The predicted octanol–water partition coefficient (Wildman–Crippen LogP) is 2.39. The van der Waals surface area contributed by atoms with Crippen molar-refractivity contribution < 1.29 is 17.9 Å². The van der Waals surface area contributed by atoms with Gasteiger partial charge < -0.3 is 4.74 Å². The van der Waals surface area contributed by atoms with Gasteiger partial charge in [0.15, 0.2) is 0 Å². The normalized spacial score (nSPS) is 24.7. The number of hydrogen-bond donors (Lipinski definition) is 1. The van der Waals surface area contributed by atoms with Crippen LogP contribution in [-0.4, -0.2) is 55.9 Å². The third-order valence-electron chi connectivity index (χ3n) is 5.53. The molecule has 0 unspecified atom stereocenters. The Morgan fingerprint density at radius 2 is 1.74 bits per heavy atom. The van der Waals surface area contributed by atoms with E-state index in [1.165, 1.54) is 17.5 Å². The summed E-state index contributed by atoms with van der Waals surface area (Å²) in [5, 5.41) is 1.98. The molecule has 2 fully saturated rings. The SMILES string of the molecule is COc1ccc(C(=O)NN2[C@H](C)CCC[C@@H]2C)cc1S(=O)(=O)N1CCCC1. The second-order valence-corrected chi connectivity index (χ2v) is 9.36. The molecule has 2 heterocycles. The maximum Gasteiger partial charge on any atom is 0.265 e. The zero-order valence-corrected chi connectivity index (χ0v) is 17.1. The highest BCUT2D eigenvalue weighted by Gasteiger charge is 2.31. The predicted molar refractivity (Wildman–Crippen MR) is 103 cm³/mol. The molecule has 2 atom stereocenters. The maximum absolute atomic E-state index is 13.0. The highest BCUT2D eigenvalue weighted by molar-refractivity contribution is 7.89. The number of amides is 1. The van der Waals surface area contributed by atoms with Crippen molar-refractivity contribution in [1.82, 2.24) is 14.7 Å². The van der Waals surface area contributed by atoms with E-state index in [2.05, 4.69) is 19.3 Å². The smallest absolute Gasteiger partial charge is 0.265 e. The maximum atomic E-state index is 13.0. The van der Waals surface area contributed by atoms with Gasteiger partial charge >= 0.3 is 0 Å². The summed E-state index contributed by atoms with van der Waals surface area (Å²) in [6, 6.07) is 5.10. The summed E-state index contributed by atoms with van der Waals surface area (Å²) in [6.45, 7) is 5.19. The van der Waals surface area contributed by atoms with E-state index in [-0.39, 0.29) is 28.6 Å². The van der Waals surface area contributed by atoms with Gasteiger partial charge in [-0.1, -0.05) is 6.42 Å². The monoisotopic (exact) mass is 395 g/mol. The topological polar surface area (TPSA) is 79.0 Å². The largest absolute Gasteiger partial charge is 0.495 e. The number of sulfonamides is 1. The average molecular weight is 396 g/mol. The molecule has 150 valence electrons. The molecule has 2 aliphatic rings. The fourth-order valence-corrected chi connectivity index (χ4v) is 5.61. The Morgan fingerprint density at radius 3 is 2.33 bits per heavy atom. The summed E-state index contributed by atoms with van der Waals surface area (Å²) in [4.78, 5) is 12.9. The van der Waals surface area contributed by atoms with Gasteiger partial charge in [0.25, 0.3) is 5.91 Å². The molecule has 7 nitrogen and oxygen atoms in total. The summed E-state index contributed by atoms with van der Waals surface area (Å²) in [6.07, 6.45) is 4.91. The molecule has 0 bridgehead atoms. The molecule has 1 amide bonds. The Kier molecular flexibility index (Phi) is 6.08. The van der Waals surface area contributed by atoms with Crippen molar-refractivity contribution in [2.75, 3.05) is 20.2 Å². The first-order chi connectivity index (χ1) is 12.8. The molecule has 8 heteroatoms. The molecule has 0 spiro atoms. The van der Waals surface area contributed by atoms with Gasteiger partial charge in [-0.3, -0.25) is 10.2 Å². The quantitative estimate of drug-likeness (QED) is 0.828. The first kappa shape index (κ1) is 20.1. The fourth-order valence-electron chi connectivity index (χ4n) is 3.91. The van der Waals surface area contributed by atoms with E-state index in [9.17, 15) is 13.2 Å². The number of ether oxygens (including phenoxy) is 1. The van der Waals surface area contributed by atoms with Crippen LogP contribution in [0.5, 0.6) is 5.75 Å². The first-order valence-electron chi connectivity index (χ1n) is 9.62. The summed E-state index contributed by atoms with van der Waals surface area (Å²) >= 11 is 0. The summed E-state index contributed by atoms with van der Waals surface area (Å²) < 4.78 is 32.7. The van der Waals surface area contributed by atoms with E-state index in [4.69, 9.17) is 4.74 Å². The van der Waals surface area contributed by atoms with Crippen LogP contribution in [0, 0.1) is 0 Å². The average Bonchev–Trinajstić information content (AvgIpc) is 3.20. The lowest BCUT2D eigenvalue weighted by atomic mass is 10.00. The Labute approximate surface area is 161 Å². The van der Waals surface area contributed by atoms with Crippen LogP contribution < -0.4 is 10.2 Å². The van der Waals surface area contributed by atoms with E-state index in [0.717, 1.165) is 32.1 Å². The number of nitrogens with one attached hydrogen (secondary N) is 1. The minimum atomic E-state index is -3.68. The zero-order chi connectivity index (χ0) is 19.6. The van der Waals surface area contributed by atoms with Gasteiger partial charge in [0.05, 0.1) is 7.11 Å². The molecular formula is C19H29N3O4S. The number of carbonyl (C=O) groups is 1. The van der Waals surface area contributed by atoms with Gasteiger partial charge in [-0.2, -0.15) is 4.31 Å². The number of rotatable bonds is 5. The van der Waals surface area contributed by atoms with E-state index < -0.39 is 10.0 Å². The third kappa shape index (κ3) is 4.12. The lowest BCUT2D eigenvalue weighted by Crippen LogP contribution is -2.54. The van der Waals surface area contributed by atoms with Crippen LogP contribution in [0.25, 0.3) is 0 Å². The Hall–Kier alpha value is -1.64. The van der Waals surface area contributed by atoms with Gasteiger partial charge in [0.1, 0.15) is 10.6 Å². The molecule has 2 aliphatic heterocycles. The van der Waals surface area contributed by atoms with Crippen molar-refractivity contribution in [2.45, 2.75) is 62.9 Å². The fraction of sp³-hybridized carbons (Fsp3) is 0.632. The minimum Gasteiger partial charge on any atom is -0.495 e. The number of benzene rings is 1. The number of hydrogen-bond acceptors (Lipinski definition) is 5. The molecule has 0 aliphatic carbocycles. The van der Waals surface area contributed by atoms with Crippen molar-refractivity contribution in [2.24, 2.45) is 0 Å². The molecule has 1 aromatic carbocycles. The van der Waals surface area contributed by atoms with Crippen LogP contribution in [0.1, 0.15) is 56.3 Å². The van der Waals surface area contributed by atoms with Crippen LogP contribution in [0.3, 0.4) is 0 Å². The number of hydrazine groups is 1. The van der Waals surface area contributed by atoms with Crippen molar-refractivity contribution >= 4 is 15.9 Å². The van der Waals surface area contributed by atoms with Crippen LogP contribution in [0.2, 0.25) is 0 Å². The van der Waals surface area contributed by atoms with Gasteiger partial charge in [0.2, 0.25) is 10.0 Å². The van der Waals surface area contributed by atoms with Crippen molar-refractivity contribution in [3.05, 3.63) is 23.8 Å². The van der Waals surface area contributed by atoms with Crippen LogP contribution in [0.15, 0.2) is 23.1 Å². The highest BCUT2D eigenvalue weighted by Crippen LogP contribution is 2.30. The van der Waals surface area contributed by atoms with E-state index in [0.29, 0.717) is 18.7 Å². The minimum absolute atomic E-state index is 0.0549. The molecule has 1 N–H and O–H groups in total.